The summed E-state index contributed by atoms with van der Waals surface area (Å²) in [5.41, 5.74) is 0.534. The highest BCUT2D eigenvalue weighted by Gasteiger charge is 2.65. The Labute approximate surface area is 69.2 Å². The van der Waals surface area contributed by atoms with Crippen LogP contribution >= 0.6 is 0 Å². The minimum atomic E-state index is 0.534. The molecular weight excluding hydrogens is 136 g/mol. The lowest BCUT2D eigenvalue weighted by molar-refractivity contribution is 0.203. The van der Waals surface area contributed by atoms with Gasteiger partial charge >= 0.3 is 0 Å². The van der Waals surface area contributed by atoms with Crippen molar-refractivity contribution in [3.8, 4) is 0 Å². The van der Waals surface area contributed by atoms with Gasteiger partial charge in [-0.3, -0.25) is 0 Å². The number of rotatable bonds is 1. The molecule has 0 radical (unpaired) electrons. The van der Waals surface area contributed by atoms with Crippen LogP contribution in [0.15, 0.2) is 0 Å². The minimum absolute atomic E-state index is 0.534. The van der Waals surface area contributed by atoms with Gasteiger partial charge < -0.3 is 9.80 Å². The van der Waals surface area contributed by atoms with Crippen molar-refractivity contribution >= 4 is 0 Å². The molecule has 11 heavy (non-hydrogen) atoms. The van der Waals surface area contributed by atoms with Crippen LogP contribution in [0.25, 0.3) is 0 Å². The molecule has 2 aliphatic rings. The van der Waals surface area contributed by atoms with E-state index >= 15 is 0 Å². The zero-order chi connectivity index (χ0) is 8.22. The highest BCUT2D eigenvalue weighted by molar-refractivity contribution is 5.19. The fourth-order valence-electron chi connectivity index (χ4n) is 2.71. The molecular formula is C9H18N2. The van der Waals surface area contributed by atoms with Crippen molar-refractivity contribution in [2.24, 2.45) is 11.8 Å². The lowest BCUT2D eigenvalue weighted by Gasteiger charge is -2.26. The molecule has 0 aromatic carbocycles. The summed E-state index contributed by atoms with van der Waals surface area (Å²) in [4.78, 5) is 4.84. The molecule has 1 heterocycles. The van der Waals surface area contributed by atoms with E-state index in [1.807, 2.05) is 0 Å². The number of fused-ring (bicyclic) bond motifs is 1. The van der Waals surface area contributed by atoms with Crippen molar-refractivity contribution in [3.63, 3.8) is 0 Å². The number of hydrogen-bond acceptors (Lipinski definition) is 2. The third-order valence-corrected chi connectivity index (χ3v) is 3.86. The van der Waals surface area contributed by atoms with E-state index in [0.29, 0.717) is 5.54 Å². The first-order chi connectivity index (χ1) is 5.06. The van der Waals surface area contributed by atoms with Crippen LogP contribution in [0, 0.1) is 11.8 Å². The summed E-state index contributed by atoms with van der Waals surface area (Å²) in [5, 5.41) is 0. The van der Waals surface area contributed by atoms with E-state index in [9.17, 15) is 0 Å². The average Bonchev–Trinajstić information content (AvgIpc) is 2.38. The molecule has 0 amide bonds. The van der Waals surface area contributed by atoms with Crippen molar-refractivity contribution < 1.29 is 0 Å². The zero-order valence-electron chi connectivity index (χ0n) is 7.96. The lowest BCUT2D eigenvalue weighted by Crippen LogP contribution is -2.37. The maximum atomic E-state index is 2.45. The van der Waals surface area contributed by atoms with E-state index in [0.717, 1.165) is 11.8 Å². The van der Waals surface area contributed by atoms with Gasteiger partial charge in [-0.15, -0.1) is 0 Å². The van der Waals surface area contributed by atoms with Gasteiger partial charge in [-0.2, -0.15) is 0 Å². The Balaban J connectivity index is 2.05. The fourth-order valence-corrected chi connectivity index (χ4v) is 2.71. The van der Waals surface area contributed by atoms with Gasteiger partial charge in [-0.05, 0) is 39.9 Å². The predicted molar refractivity (Wildman–Crippen MR) is 46.6 cm³/mol. The van der Waals surface area contributed by atoms with Crippen LogP contribution in [0.5, 0.6) is 0 Å². The molecule has 2 atom stereocenters. The summed E-state index contributed by atoms with van der Waals surface area (Å²) in [6, 6.07) is 0. The normalized spacial score (nSPS) is 49.9. The van der Waals surface area contributed by atoms with Crippen LogP contribution < -0.4 is 0 Å². The third kappa shape index (κ3) is 0.798. The van der Waals surface area contributed by atoms with Crippen LogP contribution in [0.1, 0.15) is 6.92 Å². The first-order valence-corrected chi connectivity index (χ1v) is 4.42. The third-order valence-electron chi connectivity index (χ3n) is 3.86. The van der Waals surface area contributed by atoms with Crippen LogP contribution in [0.4, 0.5) is 0 Å². The molecule has 64 valence electrons. The molecule has 0 spiro atoms. The molecule has 0 aromatic heterocycles. The van der Waals surface area contributed by atoms with Crippen molar-refractivity contribution in [1.82, 2.24) is 9.80 Å². The van der Waals surface area contributed by atoms with Gasteiger partial charge in [0, 0.05) is 18.6 Å². The summed E-state index contributed by atoms with van der Waals surface area (Å²) in [6.07, 6.45) is 0. The van der Waals surface area contributed by atoms with E-state index in [2.05, 4.69) is 37.9 Å². The van der Waals surface area contributed by atoms with E-state index in [1.165, 1.54) is 13.1 Å². The van der Waals surface area contributed by atoms with Crippen LogP contribution in [0.2, 0.25) is 0 Å². The molecule has 2 unspecified atom stereocenters. The van der Waals surface area contributed by atoms with Crippen LogP contribution in [-0.2, 0) is 0 Å². The predicted octanol–water partition coefficient (Wildman–Crippen LogP) is 0.498. The van der Waals surface area contributed by atoms with Gasteiger partial charge in [-0.25, -0.2) is 0 Å². The summed E-state index contributed by atoms with van der Waals surface area (Å²) in [7, 11) is 6.64. The Morgan fingerprint density at radius 1 is 1.27 bits per heavy atom. The standard InChI is InChI=1S/C9H18N2/c1-9(10(2)3)7-5-11(4)6-8(7)9/h7-8H,5-6H2,1-4H3. The molecule has 0 N–H and O–H groups in total. The van der Waals surface area contributed by atoms with Crippen molar-refractivity contribution in [2.45, 2.75) is 12.5 Å². The molecule has 2 rings (SSSR count). The van der Waals surface area contributed by atoms with Crippen LogP contribution in [-0.4, -0.2) is 49.6 Å². The topological polar surface area (TPSA) is 6.48 Å². The number of piperidine rings is 1. The summed E-state index contributed by atoms with van der Waals surface area (Å²) < 4.78 is 0. The van der Waals surface area contributed by atoms with Crippen LogP contribution in [0.3, 0.4) is 0 Å². The van der Waals surface area contributed by atoms with Gasteiger partial charge in [-0.1, -0.05) is 0 Å². The number of likely N-dealkylation sites (tertiary alicyclic amines) is 1. The first-order valence-electron chi connectivity index (χ1n) is 4.42. The van der Waals surface area contributed by atoms with Crippen molar-refractivity contribution in [2.75, 3.05) is 34.2 Å². The largest absolute Gasteiger partial charge is 0.306 e. The monoisotopic (exact) mass is 154 g/mol. The van der Waals surface area contributed by atoms with Gasteiger partial charge in [0.25, 0.3) is 0 Å². The first kappa shape index (κ1) is 7.56. The zero-order valence-corrected chi connectivity index (χ0v) is 7.96. The molecule has 1 aliphatic carbocycles. The second kappa shape index (κ2) is 1.99. The molecule has 1 saturated heterocycles. The van der Waals surface area contributed by atoms with Gasteiger partial charge in [0.2, 0.25) is 0 Å². The van der Waals surface area contributed by atoms with E-state index < -0.39 is 0 Å². The van der Waals surface area contributed by atoms with Gasteiger partial charge in [0.05, 0.1) is 0 Å². The molecule has 1 aliphatic heterocycles. The molecule has 2 nitrogen and oxygen atoms in total. The summed E-state index contributed by atoms with van der Waals surface area (Å²) >= 11 is 0. The summed E-state index contributed by atoms with van der Waals surface area (Å²) in [6.45, 7) is 5.01. The fraction of sp³-hybridized carbons (Fsp3) is 1.00. The highest BCUT2D eigenvalue weighted by Crippen LogP contribution is 2.57. The Kier molecular flexibility index (Phi) is 1.37. The smallest absolute Gasteiger partial charge is 0.0263 e. The van der Waals surface area contributed by atoms with E-state index in [-0.39, 0.29) is 0 Å². The lowest BCUT2D eigenvalue weighted by atomic mass is 10.1. The Bertz CT molecular complexity index is 164. The molecule has 0 aromatic rings. The highest BCUT2D eigenvalue weighted by atomic mass is 15.3. The molecule has 2 fully saturated rings. The number of hydrogen-bond donors (Lipinski definition) is 0. The van der Waals surface area contributed by atoms with Gasteiger partial charge in [0.1, 0.15) is 0 Å². The second-order valence-electron chi connectivity index (χ2n) is 4.55. The quantitative estimate of drug-likeness (QED) is 0.542. The van der Waals surface area contributed by atoms with Crippen molar-refractivity contribution in [1.29, 1.82) is 0 Å². The second-order valence-corrected chi connectivity index (χ2v) is 4.55. The van der Waals surface area contributed by atoms with E-state index in [1.54, 1.807) is 0 Å². The minimum Gasteiger partial charge on any atom is -0.306 e. The Morgan fingerprint density at radius 3 is 2.09 bits per heavy atom. The SMILES string of the molecule is CN1CC2C(C1)C2(C)N(C)C. The molecule has 2 heteroatoms. The van der Waals surface area contributed by atoms with Crippen molar-refractivity contribution in [3.05, 3.63) is 0 Å². The van der Waals surface area contributed by atoms with E-state index in [4.69, 9.17) is 0 Å². The number of nitrogens with zero attached hydrogens (tertiary/aromatic N) is 2. The maximum absolute atomic E-state index is 2.45. The van der Waals surface area contributed by atoms with Gasteiger partial charge in [0.15, 0.2) is 0 Å². The Hall–Kier alpha value is -0.0800. The maximum Gasteiger partial charge on any atom is 0.0263 e. The Morgan fingerprint density at radius 2 is 1.73 bits per heavy atom. The average molecular weight is 154 g/mol. The summed E-state index contributed by atoms with van der Waals surface area (Å²) in [5.74, 6) is 1.89. The molecule has 1 saturated carbocycles. The molecule has 0 bridgehead atoms.